The van der Waals surface area contributed by atoms with Crippen molar-refractivity contribution in [2.24, 2.45) is 11.8 Å². The van der Waals surface area contributed by atoms with E-state index in [4.69, 9.17) is 9.47 Å². The van der Waals surface area contributed by atoms with Crippen LogP contribution in [0.15, 0.2) is 42.5 Å². The predicted octanol–water partition coefficient (Wildman–Crippen LogP) is 3.86. The van der Waals surface area contributed by atoms with E-state index in [0.29, 0.717) is 24.0 Å². The summed E-state index contributed by atoms with van der Waals surface area (Å²) in [6.45, 7) is 5.24. The molecule has 0 unspecified atom stereocenters. The number of benzene rings is 2. The van der Waals surface area contributed by atoms with Crippen LogP contribution in [0.2, 0.25) is 0 Å². The second-order valence-corrected chi connectivity index (χ2v) is 8.48. The molecule has 1 saturated heterocycles. The zero-order chi connectivity index (χ0) is 23.3. The molecule has 32 heavy (non-hydrogen) atoms. The quantitative estimate of drug-likeness (QED) is 0.674. The number of ether oxygens (including phenoxy) is 2. The highest BCUT2D eigenvalue weighted by Crippen LogP contribution is 2.40. The Labute approximate surface area is 188 Å². The van der Waals surface area contributed by atoms with Gasteiger partial charge in [0.2, 0.25) is 5.91 Å². The molecule has 0 aliphatic carbocycles. The third-order valence-electron chi connectivity index (χ3n) is 5.91. The Balaban J connectivity index is 1.92. The van der Waals surface area contributed by atoms with Gasteiger partial charge in [-0.15, -0.1) is 0 Å². The van der Waals surface area contributed by atoms with Crippen molar-refractivity contribution in [1.29, 1.82) is 0 Å². The standard InChI is InChI=1S/C25H31FN2O4/c1-16(2)11-12-27-24(29)21-15-28(25(30)18-7-5-6-8-22(18)26)14-20(21)19-13-17(31-3)9-10-23(19)32-4/h5-10,13,16,20-21H,11-12,14-15H2,1-4H3,(H,27,29)/t20-,21+/m0/s1. The fourth-order valence-electron chi connectivity index (χ4n) is 4.10. The summed E-state index contributed by atoms with van der Waals surface area (Å²) in [5.41, 5.74) is 0.796. The number of hydrogen-bond acceptors (Lipinski definition) is 4. The van der Waals surface area contributed by atoms with Crippen molar-refractivity contribution in [1.82, 2.24) is 10.2 Å². The second kappa shape index (κ2) is 10.5. The lowest BCUT2D eigenvalue weighted by atomic mass is 9.87. The number of amides is 2. The minimum Gasteiger partial charge on any atom is -0.497 e. The highest BCUT2D eigenvalue weighted by atomic mass is 19.1. The highest BCUT2D eigenvalue weighted by Gasteiger charge is 2.42. The number of rotatable bonds is 8. The molecule has 2 aromatic rings. The minimum atomic E-state index is -0.571. The molecule has 0 aromatic heterocycles. The van der Waals surface area contributed by atoms with Gasteiger partial charge in [0.25, 0.3) is 5.91 Å². The fraction of sp³-hybridized carbons (Fsp3) is 0.440. The Kier molecular flexibility index (Phi) is 7.72. The fourth-order valence-corrected chi connectivity index (χ4v) is 4.10. The maximum absolute atomic E-state index is 14.3. The molecule has 0 spiro atoms. The zero-order valence-electron chi connectivity index (χ0n) is 19.1. The molecule has 3 rings (SSSR count). The van der Waals surface area contributed by atoms with Crippen LogP contribution in [-0.4, -0.2) is 50.6 Å². The van der Waals surface area contributed by atoms with Crippen molar-refractivity contribution in [2.45, 2.75) is 26.2 Å². The molecule has 1 aliphatic heterocycles. The summed E-state index contributed by atoms with van der Waals surface area (Å²) >= 11 is 0. The van der Waals surface area contributed by atoms with E-state index in [0.717, 1.165) is 12.0 Å². The van der Waals surface area contributed by atoms with Crippen LogP contribution >= 0.6 is 0 Å². The van der Waals surface area contributed by atoms with E-state index in [9.17, 15) is 14.0 Å². The van der Waals surface area contributed by atoms with Gasteiger partial charge in [0, 0.05) is 31.1 Å². The van der Waals surface area contributed by atoms with Gasteiger partial charge in [0.15, 0.2) is 0 Å². The number of methoxy groups -OCH3 is 2. The third-order valence-corrected chi connectivity index (χ3v) is 5.91. The summed E-state index contributed by atoms with van der Waals surface area (Å²) in [5.74, 6) is -0.190. The molecule has 1 N–H and O–H groups in total. The van der Waals surface area contributed by atoms with Crippen LogP contribution in [0.25, 0.3) is 0 Å². The lowest BCUT2D eigenvalue weighted by Gasteiger charge is -2.21. The summed E-state index contributed by atoms with van der Waals surface area (Å²) in [6, 6.07) is 11.3. The molecule has 2 amide bonds. The number of hydrogen-bond donors (Lipinski definition) is 1. The van der Waals surface area contributed by atoms with Crippen LogP contribution < -0.4 is 14.8 Å². The first-order chi connectivity index (χ1) is 15.3. The van der Waals surface area contributed by atoms with E-state index < -0.39 is 17.6 Å². The van der Waals surface area contributed by atoms with E-state index in [2.05, 4.69) is 19.2 Å². The van der Waals surface area contributed by atoms with Gasteiger partial charge in [-0.3, -0.25) is 9.59 Å². The van der Waals surface area contributed by atoms with Crippen LogP contribution in [0.1, 0.15) is 42.1 Å². The normalized spacial score (nSPS) is 18.0. The van der Waals surface area contributed by atoms with Crippen molar-refractivity contribution in [3.63, 3.8) is 0 Å². The average Bonchev–Trinajstić information content (AvgIpc) is 3.23. The third kappa shape index (κ3) is 5.21. The van der Waals surface area contributed by atoms with Crippen LogP contribution in [0.5, 0.6) is 11.5 Å². The van der Waals surface area contributed by atoms with Gasteiger partial charge in [-0.25, -0.2) is 4.39 Å². The van der Waals surface area contributed by atoms with Gasteiger partial charge < -0.3 is 19.7 Å². The number of halogens is 1. The Morgan fingerprint density at radius 3 is 2.53 bits per heavy atom. The van der Waals surface area contributed by atoms with Gasteiger partial charge >= 0.3 is 0 Å². The monoisotopic (exact) mass is 442 g/mol. The average molecular weight is 443 g/mol. The molecule has 6 nitrogen and oxygen atoms in total. The number of nitrogens with zero attached hydrogens (tertiary/aromatic N) is 1. The smallest absolute Gasteiger partial charge is 0.256 e. The first-order valence-electron chi connectivity index (χ1n) is 10.9. The highest BCUT2D eigenvalue weighted by molar-refractivity contribution is 5.95. The summed E-state index contributed by atoms with van der Waals surface area (Å²) in [7, 11) is 3.14. The topological polar surface area (TPSA) is 67.9 Å². The zero-order valence-corrected chi connectivity index (χ0v) is 19.1. The largest absolute Gasteiger partial charge is 0.497 e. The number of likely N-dealkylation sites (tertiary alicyclic amines) is 1. The summed E-state index contributed by atoms with van der Waals surface area (Å²) < 4.78 is 25.2. The first kappa shape index (κ1) is 23.6. The van der Waals surface area contributed by atoms with Crippen LogP contribution in [0.3, 0.4) is 0 Å². The predicted molar refractivity (Wildman–Crippen MR) is 121 cm³/mol. The summed E-state index contributed by atoms with van der Waals surface area (Å²) in [6.07, 6.45) is 0.865. The van der Waals surface area contributed by atoms with Crippen molar-refractivity contribution >= 4 is 11.8 Å². The molecule has 172 valence electrons. The Hall–Kier alpha value is -3.09. The molecular weight excluding hydrogens is 411 g/mol. The van der Waals surface area contributed by atoms with Gasteiger partial charge in [-0.2, -0.15) is 0 Å². The molecule has 1 heterocycles. The molecule has 1 fully saturated rings. The second-order valence-electron chi connectivity index (χ2n) is 8.48. The van der Waals surface area contributed by atoms with E-state index in [1.165, 1.54) is 12.1 Å². The van der Waals surface area contributed by atoms with Gasteiger partial charge in [0.05, 0.1) is 25.7 Å². The van der Waals surface area contributed by atoms with Crippen molar-refractivity contribution in [3.8, 4) is 11.5 Å². The molecule has 2 aromatic carbocycles. The SMILES string of the molecule is COc1ccc(OC)c([C@@H]2CN(C(=O)c3ccccc3F)C[C@H]2C(=O)NCCC(C)C)c1. The van der Waals surface area contributed by atoms with E-state index in [1.807, 2.05) is 6.07 Å². The van der Waals surface area contributed by atoms with Crippen LogP contribution in [0, 0.1) is 17.7 Å². The van der Waals surface area contributed by atoms with Crippen molar-refractivity contribution < 1.29 is 23.5 Å². The molecule has 0 radical (unpaired) electrons. The Morgan fingerprint density at radius 1 is 1.12 bits per heavy atom. The molecule has 2 atom stereocenters. The van der Waals surface area contributed by atoms with Crippen molar-refractivity contribution in [3.05, 3.63) is 59.4 Å². The van der Waals surface area contributed by atoms with Gasteiger partial charge in [-0.05, 0) is 42.7 Å². The number of carbonyl (C=O) groups excluding carboxylic acids is 2. The lowest BCUT2D eigenvalue weighted by molar-refractivity contribution is -0.124. The van der Waals surface area contributed by atoms with E-state index >= 15 is 0 Å². The summed E-state index contributed by atoms with van der Waals surface area (Å²) in [5, 5.41) is 3.01. The Bertz CT molecular complexity index is 963. The maximum Gasteiger partial charge on any atom is 0.256 e. The van der Waals surface area contributed by atoms with Crippen LogP contribution in [-0.2, 0) is 4.79 Å². The molecular formula is C25H31FN2O4. The molecule has 0 bridgehead atoms. The van der Waals surface area contributed by atoms with E-state index in [-0.39, 0.29) is 30.5 Å². The molecule has 7 heteroatoms. The number of carbonyl (C=O) groups is 2. The van der Waals surface area contributed by atoms with E-state index in [1.54, 1.807) is 43.4 Å². The summed E-state index contributed by atoms with van der Waals surface area (Å²) in [4.78, 5) is 27.8. The van der Waals surface area contributed by atoms with Crippen LogP contribution in [0.4, 0.5) is 4.39 Å². The molecule has 0 saturated carbocycles. The van der Waals surface area contributed by atoms with Crippen molar-refractivity contribution in [2.75, 3.05) is 33.9 Å². The Morgan fingerprint density at radius 2 is 1.88 bits per heavy atom. The maximum atomic E-state index is 14.3. The first-order valence-corrected chi connectivity index (χ1v) is 10.9. The minimum absolute atomic E-state index is 0.00437. The van der Waals surface area contributed by atoms with Gasteiger partial charge in [0.1, 0.15) is 17.3 Å². The number of nitrogens with one attached hydrogen (secondary N) is 1. The van der Waals surface area contributed by atoms with Gasteiger partial charge in [-0.1, -0.05) is 26.0 Å². The lowest BCUT2D eigenvalue weighted by Crippen LogP contribution is -2.36. The molecule has 1 aliphatic rings.